The van der Waals surface area contributed by atoms with E-state index in [1.807, 2.05) is 11.0 Å². The van der Waals surface area contributed by atoms with Crippen LogP contribution in [0, 0.1) is 12.8 Å². The molecule has 1 aromatic carbocycles. The molecular formula is C20H26N4O2. The Labute approximate surface area is 153 Å². The zero-order chi connectivity index (χ0) is 17.9. The van der Waals surface area contributed by atoms with Crippen LogP contribution in [0.1, 0.15) is 18.4 Å². The molecule has 4 rings (SSSR count). The number of benzene rings is 1. The third-order valence-corrected chi connectivity index (χ3v) is 5.20. The van der Waals surface area contributed by atoms with E-state index in [0.717, 1.165) is 50.5 Å². The van der Waals surface area contributed by atoms with Crippen molar-refractivity contribution in [1.82, 2.24) is 19.3 Å². The van der Waals surface area contributed by atoms with E-state index in [0.29, 0.717) is 12.5 Å². The summed E-state index contributed by atoms with van der Waals surface area (Å²) in [7, 11) is 1.74. The summed E-state index contributed by atoms with van der Waals surface area (Å²) >= 11 is 0. The van der Waals surface area contributed by atoms with Crippen LogP contribution in [0.5, 0.6) is 0 Å². The third-order valence-electron chi connectivity index (χ3n) is 5.20. The smallest absolute Gasteiger partial charge is 0.181 e. The van der Waals surface area contributed by atoms with Crippen LogP contribution in [-0.4, -0.2) is 46.3 Å². The van der Waals surface area contributed by atoms with E-state index in [1.54, 1.807) is 7.11 Å². The average molecular weight is 354 g/mol. The largest absolute Gasteiger partial charge is 0.383 e. The lowest BCUT2D eigenvalue weighted by Gasteiger charge is -2.21. The minimum absolute atomic E-state index is 0.637. The second kappa shape index (κ2) is 7.60. The minimum atomic E-state index is 0.637. The van der Waals surface area contributed by atoms with Gasteiger partial charge in [-0.05, 0) is 49.4 Å². The van der Waals surface area contributed by atoms with Crippen molar-refractivity contribution in [3.63, 3.8) is 0 Å². The molecule has 0 radical (unpaired) electrons. The predicted molar refractivity (Wildman–Crippen MR) is 101 cm³/mol. The molecule has 2 aromatic heterocycles. The second-order valence-corrected chi connectivity index (χ2v) is 7.08. The summed E-state index contributed by atoms with van der Waals surface area (Å²) in [5.74, 6) is 1.43. The first-order chi connectivity index (χ1) is 12.7. The Morgan fingerprint density at radius 1 is 1.27 bits per heavy atom. The molecule has 1 aliphatic rings. The quantitative estimate of drug-likeness (QED) is 0.682. The van der Waals surface area contributed by atoms with Crippen molar-refractivity contribution in [2.45, 2.75) is 32.9 Å². The molecule has 3 aromatic rings. The first-order valence-corrected chi connectivity index (χ1v) is 9.30. The maximum Gasteiger partial charge on any atom is 0.181 e. The number of hydrogen-bond acceptors (Lipinski definition) is 4. The van der Waals surface area contributed by atoms with Gasteiger partial charge in [-0.1, -0.05) is 0 Å². The fourth-order valence-electron chi connectivity index (χ4n) is 3.70. The van der Waals surface area contributed by atoms with Gasteiger partial charge in [0.25, 0.3) is 0 Å². The summed E-state index contributed by atoms with van der Waals surface area (Å²) < 4.78 is 14.9. The Bertz CT molecular complexity index is 877. The Balaban J connectivity index is 1.56. The molecule has 0 atom stereocenters. The zero-order valence-corrected chi connectivity index (χ0v) is 15.5. The molecule has 1 aliphatic heterocycles. The zero-order valence-electron chi connectivity index (χ0n) is 15.5. The van der Waals surface area contributed by atoms with Crippen LogP contribution in [0.25, 0.3) is 22.3 Å². The SMILES string of the molecule is COCCn1cc(C)c2cc(-c3ncn(CC4CCOCC4)n3)ccc21. The van der Waals surface area contributed by atoms with Crippen molar-refractivity contribution < 1.29 is 9.47 Å². The fraction of sp³-hybridized carbons (Fsp3) is 0.500. The van der Waals surface area contributed by atoms with Crippen LogP contribution in [0.3, 0.4) is 0 Å². The fourth-order valence-corrected chi connectivity index (χ4v) is 3.70. The van der Waals surface area contributed by atoms with Crippen molar-refractivity contribution >= 4 is 10.9 Å². The van der Waals surface area contributed by atoms with Gasteiger partial charge >= 0.3 is 0 Å². The van der Waals surface area contributed by atoms with Crippen molar-refractivity contribution in [3.8, 4) is 11.4 Å². The first-order valence-electron chi connectivity index (χ1n) is 9.30. The van der Waals surface area contributed by atoms with Crippen molar-refractivity contribution in [2.24, 2.45) is 5.92 Å². The molecule has 0 spiro atoms. The highest BCUT2D eigenvalue weighted by Gasteiger charge is 2.16. The van der Waals surface area contributed by atoms with E-state index in [-0.39, 0.29) is 0 Å². The molecular weight excluding hydrogens is 328 g/mol. The summed E-state index contributed by atoms with van der Waals surface area (Å²) in [5, 5.41) is 5.95. The number of hydrogen-bond donors (Lipinski definition) is 0. The second-order valence-electron chi connectivity index (χ2n) is 7.08. The van der Waals surface area contributed by atoms with E-state index < -0.39 is 0 Å². The van der Waals surface area contributed by atoms with Crippen molar-refractivity contribution in [3.05, 3.63) is 36.3 Å². The number of ether oxygens (including phenoxy) is 2. The minimum Gasteiger partial charge on any atom is -0.383 e. The summed E-state index contributed by atoms with van der Waals surface area (Å²) in [6.45, 7) is 6.36. The molecule has 138 valence electrons. The van der Waals surface area contributed by atoms with Gasteiger partial charge in [-0.2, -0.15) is 5.10 Å². The molecule has 3 heterocycles. The molecule has 0 bridgehead atoms. The standard InChI is InChI=1S/C20H26N4O2/c1-15-12-23(7-10-25-2)19-4-3-17(11-18(15)19)20-21-14-24(22-20)13-16-5-8-26-9-6-16/h3-4,11-12,14,16H,5-10,13H2,1-2H3. The van der Waals surface area contributed by atoms with Crippen LogP contribution in [0.4, 0.5) is 0 Å². The van der Waals surface area contributed by atoms with Gasteiger partial charge in [0.15, 0.2) is 5.82 Å². The molecule has 6 heteroatoms. The summed E-state index contributed by atoms with van der Waals surface area (Å²) in [4.78, 5) is 4.54. The van der Waals surface area contributed by atoms with Gasteiger partial charge in [0.1, 0.15) is 6.33 Å². The van der Waals surface area contributed by atoms with Crippen LogP contribution in [0.15, 0.2) is 30.7 Å². The lowest BCUT2D eigenvalue weighted by atomic mass is 10.0. The van der Waals surface area contributed by atoms with Gasteiger partial charge in [-0.15, -0.1) is 0 Å². The maximum absolute atomic E-state index is 5.44. The first kappa shape index (κ1) is 17.2. The average Bonchev–Trinajstić information content (AvgIpc) is 3.25. The number of nitrogens with zero attached hydrogens (tertiary/aromatic N) is 4. The lowest BCUT2D eigenvalue weighted by Crippen LogP contribution is -2.20. The van der Waals surface area contributed by atoms with Gasteiger partial charge in [0.05, 0.1) is 6.61 Å². The molecule has 0 N–H and O–H groups in total. The summed E-state index contributed by atoms with van der Waals surface area (Å²) in [6.07, 6.45) is 6.25. The van der Waals surface area contributed by atoms with Gasteiger partial charge in [0.2, 0.25) is 0 Å². The number of methoxy groups -OCH3 is 1. The maximum atomic E-state index is 5.44. The number of aryl methyl sites for hydroxylation is 1. The molecule has 1 fully saturated rings. The van der Waals surface area contributed by atoms with Crippen LogP contribution in [0.2, 0.25) is 0 Å². The van der Waals surface area contributed by atoms with Gasteiger partial charge < -0.3 is 14.0 Å². The highest BCUT2D eigenvalue weighted by Crippen LogP contribution is 2.26. The Morgan fingerprint density at radius 3 is 2.92 bits per heavy atom. The summed E-state index contributed by atoms with van der Waals surface area (Å²) in [5.41, 5.74) is 3.56. The highest BCUT2D eigenvalue weighted by molar-refractivity contribution is 5.87. The lowest BCUT2D eigenvalue weighted by molar-refractivity contribution is 0.0601. The number of fused-ring (bicyclic) bond motifs is 1. The molecule has 0 amide bonds. The monoisotopic (exact) mass is 354 g/mol. The van der Waals surface area contributed by atoms with E-state index >= 15 is 0 Å². The molecule has 26 heavy (non-hydrogen) atoms. The predicted octanol–water partition coefficient (Wildman–Crippen LogP) is 3.28. The normalized spacial score (nSPS) is 15.8. The van der Waals surface area contributed by atoms with Crippen molar-refractivity contribution in [2.75, 3.05) is 26.9 Å². The van der Waals surface area contributed by atoms with E-state index in [1.165, 1.54) is 16.5 Å². The number of rotatable bonds is 6. The van der Waals surface area contributed by atoms with Crippen LogP contribution < -0.4 is 0 Å². The van der Waals surface area contributed by atoms with E-state index in [9.17, 15) is 0 Å². The molecule has 6 nitrogen and oxygen atoms in total. The topological polar surface area (TPSA) is 54.1 Å². The highest BCUT2D eigenvalue weighted by atomic mass is 16.5. The van der Waals surface area contributed by atoms with E-state index in [2.05, 4.69) is 40.9 Å². The number of aromatic nitrogens is 4. The van der Waals surface area contributed by atoms with Crippen molar-refractivity contribution in [1.29, 1.82) is 0 Å². The van der Waals surface area contributed by atoms with E-state index in [4.69, 9.17) is 14.6 Å². The molecule has 0 unspecified atom stereocenters. The molecule has 1 saturated heterocycles. The van der Waals surface area contributed by atoms with Gasteiger partial charge in [-0.25, -0.2) is 4.98 Å². The van der Waals surface area contributed by atoms with Gasteiger partial charge in [-0.3, -0.25) is 4.68 Å². The molecule has 0 aliphatic carbocycles. The summed E-state index contributed by atoms with van der Waals surface area (Å²) in [6, 6.07) is 6.47. The Hall–Kier alpha value is -2.18. The van der Waals surface area contributed by atoms with Crippen LogP contribution in [-0.2, 0) is 22.6 Å². The Morgan fingerprint density at radius 2 is 2.12 bits per heavy atom. The third kappa shape index (κ3) is 3.52. The Kier molecular flexibility index (Phi) is 5.04. The van der Waals surface area contributed by atoms with Crippen LogP contribution >= 0.6 is 0 Å². The molecule has 0 saturated carbocycles. The van der Waals surface area contributed by atoms with Gasteiger partial charge in [0, 0.05) is 56.1 Å².